The summed E-state index contributed by atoms with van der Waals surface area (Å²) >= 11 is 8.17. The third kappa shape index (κ3) is 4.86. The average molecular weight is 439 g/mol. The smallest absolute Gasteiger partial charge is 0.201 e. The molecule has 6 nitrogen and oxygen atoms in total. The van der Waals surface area contributed by atoms with E-state index in [0.717, 1.165) is 53.4 Å². The molecule has 4 rings (SSSR count). The number of nitrogens with one attached hydrogen (secondary N) is 1. The third-order valence-electron chi connectivity index (χ3n) is 4.91. The first kappa shape index (κ1) is 20.5. The van der Waals surface area contributed by atoms with Crippen LogP contribution >= 0.6 is 22.9 Å². The standard InChI is InChI=1S/C22H23ClN6S/c1-2-3-10-21-24-14-18(29(21)15-16-7-4-5-9-20(16)23)12-17(22-25-27-28-26-22)13-19-8-6-11-30-19/h4-9,11-12,14H,2-3,10,13,15H2,1H3,(H,25,26,27,28)/b17-12+. The maximum absolute atomic E-state index is 6.45. The minimum atomic E-state index is 0.601. The van der Waals surface area contributed by atoms with Gasteiger partial charge in [0.1, 0.15) is 5.82 Å². The summed E-state index contributed by atoms with van der Waals surface area (Å²) in [6.45, 7) is 2.86. The second-order valence-electron chi connectivity index (χ2n) is 7.04. The molecule has 30 heavy (non-hydrogen) atoms. The van der Waals surface area contributed by atoms with Crippen molar-refractivity contribution in [3.8, 4) is 0 Å². The number of nitrogens with zero attached hydrogens (tertiary/aromatic N) is 5. The Balaban J connectivity index is 1.74. The summed E-state index contributed by atoms with van der Waals surface area (Å²) in [6.07, 6.45) is 7.92. The number of allylic oxidation sites excluding steroid dienone is 1. The molecule has 3 aromatic heterocycles. The molecule has 0 bridgehead atoms. The van der Waals surface area contributed by atoms with Crippen LogP contribution in [-0.4, -0.2) is 30.2 Å². The molecule has 0 aliphatic rings. The number of imidazole rings is 1. The van der Waals surface area contributed by atoms with Crippen molar-refractivity contribution in [1.82, 2.24) is 30.2 Å². The molecule has 154 valence electrons. The average Bonchev–Trinajstić information content (AvgIpc) is 3.51. The molecule has 0 aliphatic heterocycles. The summed E-state index contributed by atoms with van der Waals surface area (Å²) in [6, 6.07) is 12.1. The number of halogens is 1. The minimum Gasteiger partial charge on any atom is -0.324 e. The molecule has 0 atom stereocenters. The van der Waals surface area contributed by atoms with E-state index in [-0.39, 0.29) is 0 Å². The van der Waals surface area contributed by atoms with E-state index in [2.05, 4.69) is 61.8 Å². The Hall–Kier alpha value is -2.77. The highest BCUT2D eigenvalue weighted by atomic mass is 35.5. The monoisotopic (exact) mass is 438 g/mol. The maximum Gasteiger partial charge on any atom is 0.201 e. The quantitative estimate of drug-likeness (QED) is 0.385. The van der Waals surface area contributed by atoms with Crippen molar-refractivity contribution >= 4 is 34.6 Å². The van der Waals surface area contributed by atoms with Crippen LogP contribution in [0.15, 0.2) is 48.0 Å². The Morgan fingerprint density at radius 3 is 2.87 bits per heavy atom. The van der Waals surface area contributed by atoms with E-state index >= 15 is 0 Å². The normalized spacial score (nSPS) is 11.9. The van der Waals surface area contributed by atoms with Gasteiger partial charge in [0.05, 0.1) is 18.4 Å². The van der Waals surface area contributed by atoms with Crippen LogP contribution in [0.2, 0.25) is 5.02 Å². The summed E-state index contributed by atoms with van der Waals surface area (Å²) in [5.41, 5.74) is 3.08. The number of hydrogen-bond donors (Lipinski definition) is 1. The van der Waals surface area contributed by atoms with Gasteiger partial charge in [0.15, 0.2) is 0 Å². The summed E-state index contributed by atoms with van der Waals surface area (Å²) in [4.78, 5) is 5.97. The van der Waals surface area contributed by atoms with Crippen LogP contribution in [0.5, 0.6) is 0 Å². The number of hydrogen-bond acceptors (Lipinski definition) is 5. The molecular formula is C22H23ClN6S. The van der Waals surface area contributed by atoms with Gasteiger partial charge < -0.3 is 4.57 Å². The van der Waals surface area contributed by atoms with E-state index in [4.69, 9.17) is 16.6 Å². The Morgan fingerprint density at radius 2 is 2.13 bits per heavy atom. The van der Waals surface area contributed by atoms with Gasteiger partial charge in [-0.1, -0.05) is 49.2 Å². The van der Waals surface area contributed by atoms with Crippen molar-refractivity contribution in [2.45, 2.75) is 39.2 Å². The zero-order chi connectivity index (χ0) is 20.8. The topological polar surface area (TPSA) is 72.3 Å². The summed E-state index contributed by atoms with van der Waals surface area (Å²) < 4.78 is 2.24. The number of benzene rings is 1. The first-order valence-electron chi connectivity index (χ1n) is 9.99. The molecule has 0 saturated carbocycles. The van der Waals surface area contributed by atoms with Crippen LogP contribution in [0.4, 0.5) is 0 Å². The molecule has 0 spiro atoms. The summed E-state index contributed by atoms with van der Waals surface area (Å²) in [5.74, 6) is 1.66. The lowest BCUT2D eigenvalue weighted by Crippen LogP contribution is -2.08. The van der Waals surface area contributed by atoms with Gasteiger partial charge >= 0.3 is 0 Å². The molecule has 1 N–H and O–H groups in total. The van der Waals surface area contributed by atoms with Gasteiger partial charge in [0.2, 0.25) is 5.82 Å². The number of rotatable bonds is 9. The molecule has 0 unspecified atom stereocenters. The van der Waals surface area contributed by atoms with E-state index in [1.54, 1.807) is 11.3 Å². The predicted octanol–water partition coefficient (Wildman–Crippen LogP) is 5.29. The number of H-pyrrole nitrogens is 1. The van der Waals surface area contributed by atoms with Gasteiger partial charge in [-0.15, -0.1) is 21.5 Å². The van der Waals surface area contributed by atoms with Crippen molar-refractivity contribution < 1.29 is 0 Å². The second kappa shape index (κ2) is 9.82. The Kier molecular flexibility index (Phi) is 6.71. The molecule has 3 heterocycles. The number of unbranched alkanes of at least 4 members (excludes halogenated alkanes) is 1. The fraction of sp³-hybridized carbons (Fsp3) is 0.273. The molecule has 4 aromatic rings. The minimum absolute atomic E-state index is 0.601. The van der Waals surface area contributed by atoms with Gasteiger partial charge in [-0.3, -0.25) is 0 Å². The van der Waals surface area contributed by atoms with Crippen LogP contribution in [-0.2, 0) is 19.4 Å². The summed E-state index contributed by atoms with van der Waals surface area (Å²) in [7, 11) is 0. The largest absolute Gasteiger partial charge is 0.324 e. The Labute approximate surface area is 184 Å². The molecule has 0 amide bonds. The SMILES string of the molecule is CCCCc1ncc(/C=C(\Cc2cccs2)c2nn[nH]n2)n1Cc1ccccc1Cl. The number of thiophene rings is 1. The van der Waals surface area contributed by atoms with E-state index in [0.29, 0.717) is 12.4 Å². The number of aromatic amines is 1. The van der Waals surface area contributed by atoms with Crippen LogP contribution < -0.4 is 0 Å². The predicted molar refractivity (Wildman–Crippen MR) is 121 cm³/mol. The van der Waals surface area contributed by atoms with Crippen molar-refractivity contribution in [2.24, 2.45) is 0 Å². The van der Waals surface area contributed by atoms with Gasteiger partial charge in [-0.2, -0.15) is 5.21 Å². The van der Waals surface area contributed by atoms with Crippen LogP contribution in [0.3, 0.4) is 0 Å². The molecule has 0 radical (unpaired) electrons. The first-order valence-corrected chi connectivity index (χ1v) is 11.2. The molecule has 0 fully saturated rings. The van der Waals surface area contributed by atoms with Crippen molar-refractivity contribution in [3.63, 3.8) is 0 Å². The zero-order valence-corrected chi connectivity index (χ0v) is 18.3. The molecule has 8 heteroatoms. The second-order valence-corrected chi connectivity index (χ2v) is 8.48. The van der Waals surface area contributed by atoms with E-state index in [1.807, 2.05) is 24.4 Å². The van der Waals surface area contributed by atoms with E-state index in [1.165, 1.54) is 4.88 Å². The highest BCUT2D eigenvalue weighted by Crippen LogP contribution is 2.25. The highest BCUT2D eigenvalue weighted by Gasteiger charge is 2.14. The third-order valence-corrected chi connectivity index (χ3v) is 6.15. The van der Waals surface area contributed by atoms with E-state index < -0.39 is 0 Å². The molecule has 0 aliphatic carbocycles. The Morgan fingerprint density at radius 1 is 1.23 bits per heavy atom. The van der Waals surface area contributed by atoms with Crippen LogP contribution in [0, 0.1) is 0 Å². The number of tetrazole rings is 1. The number of aryl methyl sites for hydroxylation is 1. The first-order chi connectivity index (χ1) is 14.7. The fourth-order valence-corrected chi connectivity index (χ4v) is 4.25. The Bertz CT molecular complexity index is 1100. The molecule has 0 saturated heterocycles. The molecular weight excluding hydrogens is 416 g/mol. The highest BCUT2D eigenvalue weighted by molar-refractivity contribution is 7.10. The van der Waals surface area contributed by atoms with Crippen molar-refractivity contribution in [3.05, 3.63) is 80.8 Å². The van der Waals surface area contributed by atoms with Gasteiger partial charge in [0, 0.05) is 28.3 Å². The zero-order valence-electron chi connectivity index (χ0n) is 16.8. The lowest BCUT2D eigenvalue weighted by Gasteiger charge is -2.12. The molecule has 1 aromatic carbocycles. The maximum atomic E-state index is 6.45. The van der Waals surface area contributed by atoms with Gasteiger partial charge in [-0.25, -0.2) is 4.98 Å². The van der Waals surface area contributed by atoms with Crippen LogP contribution in [0.25, 0.3) is 11.6 Å². The lowest BCUT2D eigenvalue weighted by atomic mass is 10.1. The van der Waals surface area contributed by atoms with Crippen molar-refractivity contribution in [1.29, 1.82) is 0 Å². The van der Waals surface area contributed by atoms with Gasteiger partial charge in [0.25, 0.3) is 0 Å². The lowest BCUT2D eigenvalue weighted by molar-refractivity contribution is 0.675. The fourth-order valence-electron chi connectivity index (χ4n) is 3.33. The van der Waals surface area contributed by atoms with Gasteiger partial charge in [-0.05, 0) is 40.8 Å². The van der Waals surface area contributed by atoms with E-state index in [9.17, 15) is 0 Å². The van der Waals surface area contributed by atoms with Crippen LogP contribution in [0.1, 0.15) is 47.5 Å². The summed E-state index contributed by atoms with van der Waals surface area (Å²) in [5, 5.41) is 17.6. The van der Waals surface area contributed by atoms with Crippen molar-refractivity contribution in [2.75, 3.05) is 0 Å². The number of aromatic nitrogens is 6.